The Morgan fingerprint density at radius 3 is 2.70 bits per heavy atom. The molecule has 1 unspecified atom stereocenters. The van der Waals surface area contributed by atoms with E-state index in [2.05, 4.69) is 5.32 Å². The maximum atomic E-state index is 12.6. The lowest BCUT2D eigenvalue weighted by molar-refractivity contribution is -0.132. The van der Waals surface area contributed by atoms with Crippen LogP contribution in [0.4, 0.5) is 0 Å². The van der Waals surface area contributed by atoms with Gasteiger partial charge in [-0.25, -0.2) is 0 Å². The number of ether oxygens (including phenoxy) is 1. The van der Waals surface area contributed by atoms with Gasteiger partial charge >= 0.3 is 5.97 Å². The molecule has 1 N–H and O–H groups in total. The number of thiocarbonyl (C=S) groups is 1. The molecule has 7 nitrogen and oxygen atoms in total. The average Bonchev–Trinajstić information content (AvgIpc) is 2.72. The second-order valence-corrected chi connectivity index (χ2v) is 5.71. The summed E-state index contributed by atoms with van der Waals surface area (Å²) in [6, 6.07) is 3.50. The van der Waals surface area contributed by atoms with Gasteiger partial charge in [0, 0.05) is 13.3 Å². The van der Waals surface area contributed by atoms with E-state index in [-0.39, 0.29) is 23.3 Å². The van der Waals surface area contributed by atoms with Crippen molar-refractivity contribution in [2.45, 2.75) is 25.8 Å². The lowest BCUT2D eigenvalue weighted by Gasteiger charge is -2.28. The number of carbonyl (C=O) groups is 4. The molecule has 3 rings (SSSR count). The molecule has 0 spiro atoms. The minimum Gasteiger partial charge on any atom is -0.426 e. The van der Waals surface area contributed by atoms with Gasteiger partial charge in [-0.15, -0.1) is 0 Å². The number of hydrogen-bond acceptors (Lipinski definition) is 6. The lowest BCUT2D eigenvalue weighted by atomic mass is 10.1. The molecular formula is C15H12N2O5S. The van der Waals surface area contributed by atoms with Crippen molar-refractivity contribution in [1.82, 2.24) is 10.2 Å². The van der Waals surface area contributed by atoms with E-state index in [1.807, 2.05) is 0 Å². The zero-order valence-electron chi connectivity index (χ0n) is 12.1. The fourth-order valence-corrected chi connectivity index (χ4v) is 2.94. The number of hydrogen-bond donors (Lipinski definition) is 1. The number of carbonyl (C=O) groups excluding carboxylic acids is 4. The molecule has 3 amide bonds. The molecule has 1 aromatic carbocycles. The van der Waals surface area contributed by atoms with Crippen LogP contribution in [-0.2, 0) is 9.59 Å². The maximum Gasteiger partial charge on any atom is 0.308 e. The van der Waals surface area contributed by atoms with E-state index in [0.717, 1.165) is 4.90 Å². The maximum absolute atomic E-state index is 12.6. The fraction of sp³-hybridized carbons (Fsp3) is 0.267. The molecule has 2 heterocycles. The Hall–Kier alpha value is -2.61. The van der Waals surface area contributed by atoms with Crippen molar-refractivity contribution >= 4 is 40.9 Å². The van der Waals surface area contributed by atoms with E-state index in [9.17, 15) is 19.2 Å². The molecule has 0 saturated carbocycles. The van der Waals surface area contributed by atoms with Crippen LogP contribution in [0.5, 0.6) is 5.75 Å². The number of imide groups is 1. The van der Waals surface area contributed by atoms with Crippen LogP contribution in [0.1, 0.15) is 40.5 Å². The summed E-state index contributed by atoms with van der Waals surface area (Å²) in [6.45, 7) is 1.20. The Kier molecular flexibility index (Phi) is 3.69. The van der Waals surface area contributed by atoms with Crippen molar-refractivity contribution in [2.75, 3.05) is 0 Å². The average molecular weight is 332 g/mol. The van der Waals surface area contributed by atoms with Crippen LogP contribution in [0, 0.1) is 0 Å². The summed E-state index contributed by atoms with van der Waals surface area (Å²) in [5, 5.41) is 2.48. The third-order valence-electron chi connectivity index (χ3n) is 3.68. The summed E-state index contributed by atoms with van der Waals surface area (Å²) < 4.78 is 5.00. The number of nitrogens with zero attached hydrogens (tertiary/aromatic N) is 1. The van der Waals surface area contributed by atoms with E-state index < -0.39 is 29.7 Å². The van der Waals surface area contributed by atoms with Gasteiger partial charge in [0.2, 0.25) is 5.91 Å². The zero-order chi connectivity index (χ0) is 16.7. The van der Waals surface area contributed by atoms with Gasteiger partial charge in [-0.05, 0) is 18.6 Å². The highest BCUT2D eigenvalue weighted by molar-refractivity contribution is 7.80. The molecule has 1 fully saturated rings. The van der Waals surface area contributed by atoms with Gasteiger partial charge in [-0.3, -0.25) is 24.1 Å². The van der Waals surface area contributed by atoms with E-state index in [1.165, 1.54) is 25.1 Å². The largest absolute Gasteiger partial charge is 0.426 e. The number of fused-ring (bicyclic) bond motifs is 1. The van der Waals surface area contributed by atoms with Crippen molar-refractivity contribution in [3.63, 3.8) is 0 Å². The lowest BCUT2D eigenvalue weighted by Crippen LogP contribution is -2.53. The van der Waals surface area contributed by atoms with Crippen molar-refractivity contribution < 1.29 is 23.9 Å². The van der Waals surface area contributed by atoms with E-state index in [0.29, 0.717) is 11.4 Å². The van der Waals surface area contributed by atoms with Crippen molar-refractivity contribution in [1.29, 1.82) is 0 Å². The van der Waals surface area contributed by atoms with Gasteiger partial charge in [0.05, 0.1) is 16.1 Å². The Morgan fingerprint density at radius 2 is 2.04 bits per heavy atom. The molecule has 0 bridgehead atoms. The summed E-state index contributed by atoms with van der Waals surface area (Å²) in [4.78, 5) is 49.7. The first-order valence-electron chi connectivity index (χ1n) is 6.93. The first-order valence-corrected chi connectivity index (χ1v) is 7.34. The first kappa shape index (κ1) is 15.3. The highest BCUT2D eigenvalue weighted by atomic mass is 32.1. The van der Waals surface area contributed by atoms with Gasteiger partial charge in [-0.2, -0.15) is 0 Å². The summed E-state index contributed by atoms with van der Waals surface area (Å²) >= 11 is 4.93. The number of benzene rings is 1. The topological polar surface area (TPSA) is 92.8 Å². The molecule has 118 valence electrons. The normalized spacial score (nSPS) is 20.4. The Labute approximate surface area is 136 Å². The van der Waals surface area contributed by atoms with Crippen LogP contribution >= 0.6 is 12.2 Å². The van der Waals surface area contributed by atoms with Crippen LogP contribution < -0.4 is 10.1 Å². The Bertz CT molecular complexity index is 773. The molecule has 23 heavy (non-hydrogen) atoms. The standard InChI is InChI=1S/C15H12N2O5S/c1-7(18)22-10-4-2-3-8-12(10)15(21)17(14(8)20)9-5-6-11(23)16-13(9)19/h2-4,9H,5-6H2,1H3,(H,16,19,23). The van der Waals surface area contributed by atoms with Crippen molar-refractivity contribution in [2.24, 2.45) is 0 Å². The van der Waals surface area contributed by atoms with Gasteiger partial charge in [-0.1, -0.05) is 18.3 Å². The second-order valence-electron chi connectivity index (χ2n) is 5.22. The summed E-state index contributed by atoms with van der Waals surface area (Å²) in [5.74, 6) is -2.29. The molecule has 0 aliphatic carbocycles. The zero-order valence-corrected chi connectivity index (χ0v) is 12.9. The van der Waals surface area contributed by atoms with Crippen LogP contribution in [0.3, 0.4) is 0 Å². The number of amides is 3. The highest BCUT2D eigenvalue weighted by Gasteiger charge is 2.45. The molecule has 2 aliphatic rings. The first-order chi connectivity index (χ1) is 10.9. The number of esters is 1. The predicted octanol–water partition coefficient (Wildman–Crippen LogP) is 0.814. The quantitative estimate of drug-likeness (QED) is 0.373. The highest BCUT2D eigenvalue weighted by Crippen LogP contribution is 2.33. The van der Waals surface area contributed by atoms with Crippen molar-refractivity contribution in [3.8, 4) is 5.75 Å². The van der Waals surface area contributed by atoms with Gasteiger partial charge in [0.25, 0.3) is 11.8 Å². The van der Waals surface area contributed by atoms with Crippen LogP contribution in [0.2, 0.25) is 0 Å². The van der Waals surface area contributed by atoms with Gasteiger partial charge in [0.15, 0.2) is 0 Å². The van der Waals surface area contributed by atoms with Crippen LogP contribution in [-0.4, -0.2) is 39.6 Å². The number of rotatable bonds is 2. The summed E-state index contributed by atoms with van der Waals surface area (Å²) in [6.07, 6.45) is 0.689. The Balaban J connectivity index is 1.99. The minimum absolute atomic E-state index is 0.00801. The van der Waals surface area contributed by atoms with Gasteiger partial charge in [0.1, 0.15) is 11.8 Å². The molecule has 1 atom stereocenters. The fourth-order valence-electron chi connectivity index (χ4n) is 2.72. The molecule has 1 saturated heterocycles. The monoisotopic (exact) mass is 332 g/mol. The van der Waals surface area contributed by atoms with E-state index in [1.54, 1.807) is 0 Å². The smallest absolute Gasteiger partial charge is 0.308 e. The minimum atomic E-state index is -0.917. The third-order valence-corrected chi connectivity index (χ3v) is 3.99. The van der Waals surface area contributed by atoms with Gasteiger partial charge < -0.3 is 10.1 Å². The molecular weight excluding hydrogens is 320 g/mol. The number of nitrogens with one attached hydrogen (secondary N) is 1. The predicted molar refractivity (Wildman–Crippen MR) is 82.0 cm³/mol. The van der Waals surface area contributed by atoms with E-state index >= 15 is 0 Å². The third kappa shape index (κ3) is 2.50. The summed E-state index contributed by atoms with van der Waals surface area (Å²) in [7, 11) is 0. The molecule has 8 heteroatoms. The molecule has 0 aromatic heterocycles. The summed E-state index contributed by atoms with van der Waals surface area (Å²) in [5.41, 5.74) is 0.128. The molecule has 2 aliphatic heterocycles. The van der Waals surface area contributed by atoms with E-state index in [4.69, 9.17) is 17.0 Å². The van der Waals surface area contributed by atoms with Crippen LogP contribution in [0.25, 0.3) is 0 Å². The Morgan fingerprint density at radius 1 is 1.30 bits per heavy atom. The second kappa shape index (κ2) is 5.54. The SMILES string of the molecule is CC(=O)Oc1cccc2c1C(=O)N(C1CCC(=S)NC1=O)C2=O. The van der Waals surface area contributed by atoms with Crippen molar-refractivity contribution in [3.05, 3.63) is 29.3 Å². The van der Waals surface area contributed by atoms with Crippen LogP contribution in [0.15, 0.2) is 18.2 Å². The molecule has 0 radical (unpaired) electrons. The molecule has 1 aromatic rings. The number of piperidine rings is 1.